The molecule has 0 fully saturated rings. The largest absolute Gasteiger partial charge is 0.392 e. The van der Waals surface area contributed by atoms with E-state index in [-0.39, 0.29) is 18.4 Å². The average Bonchev–Trinajstić information content (AvgIpc) is 3.11. The summed E-state index contributed by atoms with van der Waals surface area (Å²) in [5.41, 5.74) is 31.9. The maximum absolute atomic E-state index is 13.0. The Labute approximate surface area is 287 Å². The fraction of sp³-hybridized carbons (Fsp3) is 0.487. The Morgan fingerprint density at radius 2 is 0.708 bits per heavy atom. The Hall–Kier alpha value is -3.60. The minimum atomic E-state index is -0.0699. The SMILES string of the molecule is NCCCc1cc(CCCN)cc(C(=O)NCCCc2cc(CO)cc(CCCNC(=O)c3cc(CCCN)cc(CCCN)c3)c2)c1. The number of carbonyl (C=O) groups excluding carboxylic acids is 2. The van der Waals surface area contributed by atoms with Crippen LogP contribution >= 0.6 is 0 Å². The van der Waals surface area contributed by atoms with Crippen molar-refractivity contribution in [3.05, 3.63) is 105 Å². The molecular weight excluding hydrogens is 600 g/mol. The lowest BCUT2D eigenvalue weighted by molar-refractivity contribution is 0.0945. The summed E-state index contributed by atoms with van der Waals surface area (Å²) in [5, 5.41) is 16.1. The van der Waals surface area contributed by atoms with Gasteiger partial charge >= 0.3 is 0 Å². The van der Waals surface area contributed by atoms with E-state index in [4.69, 9.17) is 22.9 Å². The van der Waals surface area contributed by atoms with Gasteiger partial charge in [-0.3, -0.25) is 9.59 Å². The van der Waals surface area contributed by atoms with Crippen LogP contribution in [0.5, 0.6) is 0 Å². The van der Waals surface area contributed by atoms with Crippen molar-refractivity contribution in [3.8, 4) is 0 Å². The molecule has 48 heavy (non-hydrogen) atoms. The van der Waals surface area contributed by atoms with Gasteiger partial charge in [0.25, 0.3) is 11.8 Å². The van der Waals surface area contributed by atoms with Gasteiger partial charge in [0.15, 0.2) is 0 Å². The normalized spacial score (nSPS) is 11.1. The smallest absolute Gasteiger partial charge is 0.251 e. The molecule has 0 radical (unpaired) electrons. The number of benzene rings is 3. The second-order valence-electron chi connectivity index (χ2n) is 12.7. The van der Waals surface area contributed by atoms with E-state index in [1.807, 2.05) is 36.4 Å². The van der Waals surface area contributed by atoms with Gasteiger partial charge in [-0.2, -0.15) is 0 Å². The Morgan fingerprint density at radius 1 is 0.438 bits per heavy atom. The molecular formula is C39H58N6O3. The third kappa shape index (κ3) is 13.9. The summed E-state index contributed by atoms with van der Waals surface area (Å²) in [6, 6.07) is 18.4. The van der Waals surface area contributed by atoms with E-state index in [9.17, 15) is 14.7 Å². The van der Waals surface area contributed by atoms with E-state index in [0.29, 0.717) is 50.4 Å². The van der Waals surface area contributed by atoms with Crippen LogP contribution in [0, 0.1) is 0 Å². The number of aliphatic hydroxyl groups is 1. The van der Waals surface area contributed by atoms with E-state index in [2.05, 4.69) is 28.8 Å². The average molecular weight is 659 g/mol. The van der Waals surface area contributed by atoms with Crippen molar-refractivity contribution in [2.45, 2.75) is 83.7 Å². The topological polar surface area (TPSA) is 183 Å². The lowest BCUT2D eigenvalue weighted by atomic mass is 9.98. The number of aryl methyl sites for hydroxylation is 6. The summed E-state index contributed by atoms with van der Waals surface area (Å²) in [7, 11) is 0. The molecule has 0 bridgehead atoms. The van der Waals surface area contributed by atoms with E-state index in [1.165, 1.54) is 0 Å². The Kier molecular flexibility index (Phi) is 17.9. The van der Waals surface area contributed by atoms with Gasteiger partial charge in [-0.1, -0.05) is 30.3 Å². The summed E-state index contributed by atoms with van der Waals surface area (Å²) >= 11 is 0. The minimum Gasteiger partial charge on any atom is -0.392 e. The first-order chi connectivity index (χ1) is 23.4. The van der Waals surface area contributed by atoms with E-state index >= 15 is 0 Å². The van der Waals surface area contributed by atoms with Gasteiger partial charge in [0.05, 0.1) is 6.61 Å². The van der Waals surface area contributed by atoms with Crippen LogP contribution in [-0.2, 0) is 45.1 Å². The van der Waals surface area contributed by atoms with Crippen LogP contribution in [0.2, 0.25) is 0 Å². The number of rotatable bonds is 23. The van der Waals surface area contributed by atoms with E-state index < -0.39 is 0 Å². The van der Waals surface area contributed by atoms with Crippen LogP contribution in [-0.4, -0.2) is 56.2 Å². The van der Waals surface area contributed by atoms with Crippen LogP contribution in [0.15, 0.2) is 54.6 Å². The third-order valence-electron chi connectivity index (χ3n) is 8.46. The maximum atomic E-state index is 13.0. The van der Waals surface area contributed by atoms with Crippen molar-refractivity contribution in [1.29, 1.82) is 0 Å². The van der Waals surface area contributed by atoms with Crippen LogP contribution in [0.4, 0.5) is 0 Å². The maximum Gasteiger partial charge on any atom is 0.251 e. The van der Waals surface area contributed by atoms with Crippen LogP contribution in [0.1, 0.15) is 98.2 Å². The van der Waals surface area contributed by atoms with Gasteiger partial charge in [0, 0.05) is 24.2 Å². The van der Waals surface area contributed by atoms with Gasteiger partial charge in [-0.05, 0) is 166 Å². The van der Waals surface area contributed by atoms with Gasteiger partial charge in [-0.25, -0.2) is 0 Å². The molecule has 2 amide bonds. The molecule has 0 atom stereocenters. The molecule has 3 rings (SSSR count). The fourth-order valence-electron chi connectivity index (χ4n) is 6.00. The molecule has 11 N–H and O–H groups in total. The first-order valence-corrected chi connectivity index (χ1v) is 17.7. The predicted octanol–water partition coefficient (Wildman–Crippen LogP) is 3.47. The van der Waals surface area contributed by atoms with Crippen LogP contribution in [0.25, 0.3) is 0 Å². The highest BCUT2D eigenvalue weighted by Gasteiger charge is 2.11. The summed E-state index contributed by atoms with van der Waals surface area (Å²) < 4.78 is 0. The molecule has 0 aliphatic heterocycles. The standard InChI is InChI=1S/C39H58N6O3/c40-13-1-7-31-20-32(8-2-14-41)25-36(24-31)38(47)44-17-5-11-29-19-30(23-35(22-29)28-46)12-6-18-45-39(48)37-26-33(9-3-15-42)21-34(27-37)10-4-16-43/h19-27,46H,1-18,28,40-43H2,(H,44,47)(H,45,48). The Balaban J connectivity index is 1.51. The van der Waals surface area contributed by atoms with Crippen molar-refractivity contribution in [1.82, 2.24) is 10.6 Å². The molecule has 9 nitrogen and oxygen atoms in total. The highest BCUT2D eigenvalue weighted by atomic mass is 16.3. The molecule has 3 aromatic carbocycles. The van der Waals surface area contributed by atoms with Gasteiger partial charge < -0.3 is 38.7 Å². The first-order valence-electron chi connectivity index (χ1n) is 17.7. The number of aliphatic hydroxyl groups excluding tert-OH is 1. The molecule has 0 saturated carbocycles. The molecule has 9 heteroatoms. The highest BCUT2D eigenvalue weighted by molar-refractivity contribution is 5.95. The highest BCUT2D eigenvalue weighted by Crippen LogP contribution is 2.17. The summed E-state index contributed by atoms with van der Waals surface area (Å²) in [6.45, 7) is 3.54. The van der Waals surface area contributed by atoms with Crippen molar-refractivity contribution >= 4 is 11.8 Å². The zero-order valence-corrected chi connectivity index (χ0v) is 28.7. The number of nitrogens with one attached hydrogen (secondary N) is 2. The second kappa shape index (κ2) is 22.1. The van der Waals surface area contributed by atoms with Crippen molar-refractivity contribution in [2.75, 3.05) is 39.3 Å². The number of nitrogens with two attached hydrogens (primary N) is 4. The van der Waals surface area contributed by atoms with Crippen molar-refractivity contribution in [2.24, 2.45) is 22.9 Å². The zero-order valence-electron chi connectivity index (χ0n) is 28.7. The molecule has 0 unspecified atom stereocenters. The predicted molar refractivity (Wildman–Crippen MR) is 196 cm³/mol. The summed E-state index contributed by atoms with van der Waals surface area (Å²) in [6.07, 6.45) is 10.0. The summed E-state index contributed by atoms with van der Waals surface area (Å²) in [5.74, 6) is -0.140. The Bertz CT molecular complexity index is 1270. The number of hydrogen-bond acceptors (Lipinski definition) is 7. The Morgan fingerprint density at radius 3 is 1.00 bits per heavy atom. The second-order valence-corrected chi connectivity index (χ2v) is 12.7. The van der Waals surface area contributed by atoms with Gasteiger partial charge in [0.1, 0.15) is 0 Å². The molecule has 0 aliphatic rings. The van der Waals surface area contributed by atoms with Gasteiger partial charge in [-0.15, -0.1) is 0 Å². The van der Waals surface area contributed by atoms with Gasteiger partial charge in [0.2, 0.25) is 0 Å². The molecule has 0 saturated heterocycles. The molecule has 0 spiro atoms. The minimum absolute atomic E-state index is 0.0334. The number of hydrogen-bond donors (Lipinski definition) is 7. The molecule has 3 aromatic rings. The molecule has 0 aromatic heterocycles. The molecule has 0 heterocycles. The summed E-state index contributed by atoms with van der Waals surface area (Å²) in [4.78, 5) is 26.1. The lowest BCUT2D eigenvalue weighted by Gasteiger charge is -2.12. The quantitative estimate of drug-likeness (QED) is 0.0762. The van der Waals surface area contributed by atoms with Crippen LogP contribution in [0.3, 0.4) is 0 Å². The zero-order chi connectivity index (χ0) is 34.6. The van der Waals surface area contributed by atoms with Crippen LogP contribution < -0.4 is 33.6 Å². The molecule has 262 valence electrons. The monoisotopic (exact) mass is 658 g/mol. The fourth-order valence-corrected chi connectivity index (χ4v) is 6.00. The molecule has 0 aliphatic carbocycles. The van der Waals surface area contributed by atoms with E-state index in [1.54, 1.807) is 0 Å². The number of amides is 2. The number of carbonyl (C=O) groups is 2. The van der Waals surface area contributed by atoms with E-state index in [0.717, 1.165) is 116 Å². The van der Waals surface area contributed by atoms with Crippen molar-refractivity contribution < 1.29 is 14.7 Å². The third-order valence-corrected chi connectivity index (χ3v) is 8.46. The first kappa shape index (κ1) is 38.8. The lowest BCUT2D eigenvalue weighted by Crippen LogP contribution is -2.25. The van der Waals surface area contributed by atoms with Crippen molar-refractivity contribution in [3.63, 3.8) is 0 Å².